The Morgan fingerprint density at radius 1 is 1.16 bits per heavy atom. The Bertz CT molecular complexity index is 693. The largest absolute Gasteiger partial charge is 0.346 e. The van der Waals surface area contributed by atoms with Crippen molar-refractivity contribution in [2.45, 2.75) is 13.8 Å². The van der Waals surface area contributed by atoms with Crippen LogP contribution in [0.15, 0.2) is 29.6 Å². The van der Waals surface area contributed by atoms with Crippen LogP contribution < -0.4 is 10.2 Å². The van der Waals surface area contributed by atoms with Gasteiger partial charge in [-0.25, -0.2) is 4.98 Å². The number of anilines is 2. The number of halogens is 1. The van der Waals surface area contributed by atoms with E-state index in [2.05, 4.69) is 27.5 Å². The maximum atomic E-state index is 11.7. The number of benzene rings is 1. The fourth-order valence-corrected chi connectivity index (χ4v) is 3.44. The van der Waals surface area contributed by atoms with E-state index in [9.17, 15) is 4.79 Å². The Balaban J connectivity index is 0.00000225. The predicted molar refractivity (Wildman–Crippen MR) is 108 cm³/mol. The topological polar surface area (TPSA) is 48.5 Å². The Kier molecular flexibility index (Phi) is 6.81. The number of thiazole rings is 1. The summed E-state index contributed by atoms with van der Waals surface area (Å²) < 4.78 is 0. The lowest BCUT2D eigenvalue weighted by molar-refractivity contribution is -0.118. The Labute approximate surface area is 159 Å². The molecule has 0 bridgehead atoms. The number of nitrogens with one attached hydrogen (secondary N) is 1. The second-order valence-corrected chi connectivity index (χ2v) is 7.36. The normalized spacial score (nSPS) is 15.1. The number of nitrogens with zero attached hydrogens (tertiary/aromatic N) is 3. The van der Waals surface area contributed by atoms with E-state index in [0.29, 0.717) is 0 Å². The van der Waals surface area contributed by atoms with Crippen molar-refractivity contribution in [2.24, 2.45) is 5.92 Å². The zero-order chi connectivity index (χ0) is 17.1. The molecule has 25 heavy (non-hydrogen) atoms. The van der Waals surface area contributed by atoms with Crippen LogP contribution in [0.25, 0.3) is 11.3 Å². The van der Waals surface area contributed by atoms with Crippen LogP contribution in [0.3, 0.4) is 0 Å². The van der Waals surface area contributed by atoms with E-state index in [4.69, 9.17) is 4.98 Å². The number of hydrogen-bond donors (Lipinski definition) is 1. The van der Waals surface area contributed by atoms with Gasteiger partial charge in [-0.3, -0.25) is 4.79 Å². The lowest BCUT2D eigenvalue weighted by Gasteiger charge is -2.32. The van der Waals surface area contributed by atoms with Crippen molar-refractivity contribution >= 4 is 40.5 Å². The summed E-state index contributed by atoms with van der Waals surface area (Å²) in [5.74, 6) is 0.0168. The van der Waals surface area contributed by atoms with Crippen LogP contribution in [0.2, 0.25) is 0 Å². The highest BCUT2D eigenvalue weighted by atomic mass is 35.5. The Hall–Kier alpha value is -1.63. The van der Waals surface area contributed by atoms with E-state index in [0.717, 1.165) is 48.3 Å². The molecular weight excluding hydrogens is 356 g/mol. The van der Waals surface area contributed by atoms with Gasteiger partial charge in [0.25, 0.3) is 0 Å². The number of carbonyl (C=O) groups excluding carboxylic acids is 1. The molecular formula is C18H25ClN4OS. The van der Waals surface area contributed by atoms with Gasteiger partial charge in [0.15, 0.2) is 5.13 Å². The molecule has 1 saturated heterocycles. The summed E-state index contributed by atoms with van der Waals surface area (Å²) >= 11 is 1.70. The standard InChI is InChI=1S/C18H24N4OS.ClH/c1-13(2)17(23)19-15-6-4-14(5-7-15)16-12-24-18(20-16)22-10-8-21(3)9-11-22;/h4-7,12-13H,8-11H2,1-3H3,(H,19,23);1H. The average molecular weight is 381 g/mol. The zero-order valence-corrected chi connectivity index (χ0v) is 16.5. The van der Waals surface area contributed by atoms with Gasteiger partial charge < -0.3 is 15.1 Å². The molecule has 136 valence electrons. The van der Waals surface area contributed by atoms with Crippen molar-refractivity contribution in [3.8, 4) is 11.3 Å². The molecule has 1 amide bonds. The molecule has 5 nitrogen and oxygen atoms in total. The second kappa shape index (κ2) is 8.65. The summed E-state index contributed by atoms with van der Waals surface area (Å²) in [6, 6.07) is 7.90. The molecule has 0 unspecified atom stereocenters. The van der Waals surface area contributed by atoms with Crippen LogP contribution in [-0.2, 0) is 4.79 Å². The van der Waals surface area contributed by atoms with Crippen LogP contribution >= 0.6 is 23.7 Å². The lowest BCUT2D eigenvalue weighted by Crippen LogP contribution is -2.44. The number of piperazine rings is 1. The molecule has 1 fully saturated rings. The van der Waals surface area contributed by atoms with Crippen molar-refractivity contribution in [3.05, 3.63) is 29.6 Å². The van der Waals surface area contributed by atoms with E-state index in [1.807, 2.05) is 38.1 Å². The van der Waals surface area contributed by atoms with Gasteiger partial charge >= 0.3 is 0 Å². The number of carbonyl (C=O) groups is 1. The number of likely N-dealkylation sites (N-methyl/N-ethyl adjacent to an activating group) is 1. The fourth-order valence-electron chi connectivity index (χ4n) is 2.55. The average Bonchev–Trinajstić information content (AvgIpc) is 3.06. The van der Waals surface area contributed by atoms with Crippen molar-refractivity contribution in [2.75, 3.05) is 43.4 Å². The summed E-state index contributed by atoms with van der Waals surface area (Å²) in [6.07, 6.45) is 0. The van der Waals surface area contributed by atoms with E-state index in [1.165, 1.54) is 0 Å². The van der Waals surface area contributed by atoms with Gasteiger partial charge in [0.2, 0.25) is 5.91 Å². The minimum Gasteiger partial charge on any atom is -0.346 e. The molecule has 7 heteroatoms. The van der Waals surface area contributed by atoms with Crippen LogP contribution in [0.5, 0.6) is 0 Å². The molecule has 0 spiro atoms. The summed E-state index contributed by atoms with van der Waals surface area (Å²) in [7, 11) is 2.16. The highest BCUT2D eigenvalue weighted by Crippen LogP contribution is 2.28. The molecule has 1 aliphatic heterocycles. The van der Waals surface area contributed by atoms with Crippen LogP contribution in [0, 0.1) is 5.92 Å². The summed E-state index contributed by atoms with van der Waals surface area (Å²) in [5.41, 5.74) is 2.90. The molecule has 1 aliphatic rings. The van der Waals surface area contributed by atoms with E-state index < -0.39 is 0 Å². The molecule has 0 aliphatic carbocycles. The minimum absolute atomic E-state index is 0. The van der Waals surface area contributed by atoms with Gasteiger partial charge in [0.05, 0.1) is 5.69 Å². The van der Waals surface area contributed by atoms with E-state index in [-0.39, 0.29) is 24.2 Å². The van der Waals surface area contributed by atoms with Gasteiger partial charge in [0.1, 0.15) is 0 Å². The zero-order valence-electron chi connectivity index (χ0n) is 14.9. The SMILES string of the molecule is CC(C)C(=O)Nc1ccc(-c2csc(N3CCN(C)CC3)n2)cc1.Cl. The van der Waals surface area contributed by atoms with Gasteiger partial charge in [-0.1, -0.05) is 26.0 Å². The highest BCUT2D eigenvalue weighted by molar-refractivity contribution is 7.14. The van der Waals surface area contributed by atoms with Gasteiger partial charge in [0, 0.05) is 48.7 Å². The first-order valence-corrected chi connectivity index (χ1v) is 9.21. The third kappa shape index (κ3) is 4.93. The molecule has 3 rings (SSSR count). The maximum Gasteiger partial charge on any atom is 0.226 e. The molecule has 1 aromatic heterocycles. The van der Waals surface area contributed by atoms with Gasteiger partial charge in [-0.2, -0.15) is 0 Å². The molecule has 0 saturated carbocycles. The lowest BCUT2D eigenvalue weighted by atomic mass is 10.1. The monoisotopic (exact) mass is 380 g/mol. The highest BCUT2D eigenvalue weighted by Gasteiger charge is 2.17. The summed E-state index contributed by atoms with van der Waals surface area (Å²) in [6.45, 7) is 8.00. The first-order chi connectivity index (χ1) is 11.5. The van der Waals surface area contributed by atoms with Crippen LogP contribution in [-0.4, -0.2) is 49.0 Å². The Morgan fingerprint density at radius 3 is 2.40 bits per heavy atom. The third-order valence-electron chi connectivity index (χ3n) is 4.24. The summed E-state index contributed by atoms with van der Waals surface area (Å²) in [4.78, 5) is 21.2. The number of rotatable bonds is 4. The smallest absolute Gasteiger partial charge is 0.226 e. The number of aromatic nitrogens is 1. The van der Waals surface area contributed by atoms with E-state index in [1.54, 1.807) is 11.3 Å². The molecule has 1 aromatic carbocycles. The van der Waals surface area contributed by atoms with Crippen LogP contribution in [0.1, 0.15) is 13.8 Å². The van der Waals surface area contributed by atoms with Gasteiger partial charge in [-0.15, -0.1) is 23.7 Å². The first kappa shape index (κ1) is 19.7. The number of hydrogen-bond acceptors (Lipinski definition) is 5. The minimum atomic E-state index is -0.0191. The molecule has 2 heterocycles. The molecule has 2 aromatic rings. The summed E-state index contributed by atoms with van der Waals surface area (Å²) in [5, 5.41) is 6.11. The van der Waals surface area contributed by atoms with Crippen molar-refractivity contribution in [1.29, 1.82) is 0 Å². The second-order valence-electron chi connectivity index (χ2n) is 6.53. The fraction of sp³-hybridized carbons (Fsp3) is 0.444. The quantitative estimate of drug-likeness (QED) is 0.880. The predicted octanol–water partition coefficient (Wildman–Crippen LogP) is 3.58. The molecule has 1 N–H and O–H groups in total. The third-order valence-corrected chi connectivity index (χ3v) is 5.14. The first-order valence-electron chi connectivity index (χ1n) is 8.33. The molecule has 0 radical (unpaired) electrons. The van der Waals surface area contributed by atoms with Gasteiger partial charge in [-0.05, 0) is 19.2 Å². The Morgan fingerprint density at radius 2 is 1.80 bits per heavy atom. The van der Waals surface area contributed by atoms with Crippen molar-refractivity contribution in [1.82, 2.24) is 9.88 Å². The maximum absolute atomic E-state index is 11.7. The molecule has 0 atom stereocenters. The van der Waals surface area contributed by atoms with Crippen molar-refractivity contribution < 1.29 is 4.79 Å². The number of amides is 1. The van der Waals surface area contributed by atoms with E-state index >= 15 is 0 Å². The van der Waals surface area contributed by atoms with Crippen molar-refractivity contribution in [3.63, 3.8) is 0 Å². The van der Waals surface area contributed by atoms with Crippen LogP contribution in [0.4, 0.5) is 10.8 Å².